The van der Waals surface area contributed by atoms with Crippen LogP contribution >= 0.6 is 0 Å². The van der Waals surface area contributed by atoms with E-state index in [0.29, 0.717) is 19.0 Å². The highest BCUT2D eigenvalue weighted by Gasteiger charge is 2.54. The Kier molecular flexibility index (Phi) is 4.27. The quantitative estimate of drug-likeness (QED) is 0.626. The fourth-order valence-electron chi connectivity index (χ4n) is 5.00. The third-order valence-electron chi connectivity index (χ3n) is 6.48. The van der Waals surface area contributed by atoms with Gasteiger partial charge in [-0.1, -0.05) is 18.2 Å². The van der Waals surface area contributed by atoms with Gasteiger partial charge >= 0.3 is 0 Å². The van der Waals surface area contributed by atoms with Crippen LogP contribution < -0.4 is 0 Å². The third-order valence-corrected chi connectivity index (χ3v) is 6.48. The van der Waals surface area contributed by atoms with Gasteiger partial charge in [0.1, 0.15) is 11.6 Å². The van der Waals surface area contributed by atoms with Crippen LogP contribution in [0.2, 0.25) is 0 Å². The second-order valence-electron chi connectivity index (χ2n) is 8.80. The maximum atomic E-state index is 13.9. The molecule has 2 heterocycles. The van der Waals surface area contributed by atoms with E-state index in [2.05, 4.69) is 29.8 Å². The number of para-hydroxylation sites is 1. The minimum absolute atomic E-state index is 0.0598. The van der Waals surface area contributed by atoms with E-state index in [0.717, 1.165) is 36.4 Å². The summed E-state index contributed by atoms with van der Waals surface area (Å²) in [6.07, 6.45) is 1.97. The standard InChI is InChI=1S/C24H23F2N3O/c1-15-5-3-4-6-21(15)29-22(9-16(2)27-29)17-11-24(12-17)13-28(14-24)23(30)19-8-7-18(25)10-20(19)26/h3-10,17H,11-14H2,1-2H3. The van der Waals surface area contributed by atoms with E-state index in [1.165, 1.54) is 17.3 Å². The summed E-state index contributed by atoms with van der Waals surface area (Å²) < 4.78 is 29.1. The molecule has 1 amide bonds. The van der Waals surface area contributed by atoms with E-state index in [-0.39, 0.29) is 16.9 Å². The molecule has 1 aliphatic heterocycles. The summed E-state index contributed by atoms with van der Waals surface area (Å²) in [5.74, 6) is -1.44. The molecule has 5 rings (SSSR count). The van der Waals surface area contributed by atoms with Gasteiger partial charge < -0.3 is 4.90 Å². The Morgan fingerprint density at radius 2 is 1.80 bits per heavy atom. The molecular formula is C24H23F2N3O. The molecule has 1 saturated heterocycles. The number of aromatic nitrogens is 2. The molecule has 0 unspecified atom stereocenters. The van der Waals surface area contributed by atoms with Crippen molar-refractivity contribution < 1.29 is 13.6 Å². The zero-order valence-corrected chi connectivity index (χ0v) is 17.0. The molecular weight excluding hydrogens is 384 g/mol. The number of rotatable bonds is 3. The van der Waals surface area contributed by atoms with Crippen molar-refractivity contribution in [1.29, 1.82) is 0 Å². The predicted octanol–water partition coefficient (Wildman–Crippen LogP) is 4.79. The number of benzene rings is 2. The van der Waals surface area contributed by atoms with Gasteiger partial charge in [0, 0.05) is 36.2 Å². The summed E-state index contributed by atoms with van der Waals surface area (Å²) in [5.41, 5.74) is 4.52. The van der Waals surface area contributed by atoms with Gasteiger partial charge in [-0.05, 0) is 56.5 Å². The summed E-state index contributed by atoms with van der Waals surface area (Å²) in [4.78, 5) is 14.2. The van der Waals surface area contributed by atoms with Crippen molar-refractivity contribution in [1.82, 2.24) is 14.7 Å². The summed E-state index contributed by atoms with van der Waals surface area (Å²) in [6, 6.07) is 13.5. The van der Waals surface area contributed by atoms with Crippen LogP contribution in [0, 0.1) is 30.9 Å². The lowest BCUT2D eigenvalue weighted by molar-refractivity contribution is -0.0567. The van der Waals surface area contributed by atoms with Crippen molar-refractivity contribution in [2.75, 3.05) is 13.1 Å². The van der Waals surface area contributed by atoms with Crippen LogP contribution in [0.4, 0.5) is 8.78 Å². The number of amides is 1. The number of likely N-dealkylation sites (tertiary alicyclic amines) is 1. The Morgan fingerprint density at radius 3 is 2.50 bits per heavy atom. The average molecular weight is 407 g/mol. The second kappa shape index (κ2) is 6.76. The lowest BCUT2D eigenvalue weighted by Gasteiger charge is -2.59. The number of halogens is 2. The Morgan fingerprint density at radius 1 is 1.07 bits per heavy atom. The molecule has 1 aromatic heterocycles. The Labute approximate surface area is 174 Å². The molecule has 3 aromatic rings. The SMILES string of the molecule is Cc1cc(C2CC3(C2)CN(C(=O)c2ccc(F)cc2F)C3)n(-c2ccccc2C)n1. The monoisotopic (exact) mass is 407 g/mol. The fraction of sp³-hybridized carbons (Fsp3) is 0.333. The number of carbonyl (C=O) groups excluding carboxylic acids is 1. The van der Waals surface area contributed by atoms with Crippen molar-refractivity contribution in [2.45, 2.75) is 32.6 Å². The smallest absolute Gasteiger partial charge is 0.256 e. The van der Waals surface area contributed by atoms with Gasteiger partial charge in [0.15, 0.2) is 0 Å². The van der Waals surface area contributed by atoms with E-state index >= 15 is 0 Å². The van der Waals surface area contributed by atoms with Gasteiger partial charge in [-0.15, -0.1) is 0 Å². The molecule has 0 atom stereocenters. The molecule has 2 fully saturated rings. The average Bonchev–Trinajstić information content (AvgIpc) is 3.00. The zero-order chi connectivity index (χ0) is 21.0. The van der Waals surface area contributed by atoms with Gasteiger partial charge in [0.25, 0.3) is 5.91 Å². The first-order valence-electron chi connectivity index (χ1n) is 10.2. The van der Waals surface area contributed by atoms with Gasteiger partial charge in [-0.25, -0.2) is 13.5 Å². The fourth-order valence-corrected chi connectivity index (χ4v) is 5.00. The van der Waals surface area contributed by atoms with Crippen LogP contribution in [0.1, 0.15) is 46.1 Å². The van der Waals surface area contributed by atoms with Crippen molar-refractivity contribution in [2.24, 2.45) is 5.41 Å². The van der Waals surface area contributed by atoms with Crippen molar-refractivity contribution in [3.63, 3.8) is 0 Å². The van der Waals surface area contributed by atoms with E-state index in [9.17, 15) is 13.6 Å². The highest BCUT2D eigenvalue weighted by Crippen LogP contribution is 2.56. The molecule has 4 nitrogen and oxygen atoms in total. The Balaban J connectivity index is 1.28. The van der Waals surface area contributed by atoms with Crippen molar-refractivity contribution in [3.8, 4) is 5.69 Å². The van der Waals surface area contributed by atoms with Crippen LogP contribution in [0.5, 0.6) is 0 Å². The second-order valence-corrected chi connectivity index (χ2v) is 8.80. The zero-order valence-electron chi connectivity index (χ0n) is 17.0. The van der Waals surface area contributed by atoms with Crippen LogP contribution in [-0.4, -0.2) is 33.7 Å². The number of hydrogen-bond donors (Lipinski definition) is 0. The normalized spacial score (nSPS) is 17.7. The van der Waals surface area contributed by atoms with Crippen LogP contribution in [-0.2, 0) is 0 Å². The molecule has 2 aliphatic rings. The number of nitrogens with zero attached hydrogens (tertiary/aromatic N) is 3. The summed E-state index contributed by atoms with van der Waals surface area (Å²) in [6.45, 7) is 5.34. The topological polar surface area (TPSA) is 38.1 Å². The van der Waals surface area contributed by atoms with Gasteiger partial charge in [0.2, 0.25) is 0 Å². The van der Waals surface area contributed by atoms with Crippen LogP contribution in [0.25, 0.3) is 5.69 Å². The first-order valence-corrected chi connectivity index (χ1v) is 10.2. The molecule has 1 spiro atoms. The molecule has 0 bridgehead atoms. The van der Waals surface area contributed by atoms with Crippen LogP contribution in [0.15, 0.2) is 48.5 Å². The first-order chi connectivity index (χ1) is 14.3. The Hall–Kier alpha value is -3.02. The number of carbonyl (C=O) groups is 1. The largest absolute Gasteiger partial charge is 0.337 e. The predicted molar refractivity (Wildman–Crippen MR) is 110 cm³/mol. The summed E-state index contributed by atoms with van der Waals surface area (Å²) in [5, 5.41) is 4.72. The van der Waals surface area contributed by atoms with E-state index in [1.54, 1.807) is 4.90 Å². The molecule has 30 heavy (non-hydrogen) atoms. The molecule has 154 valence electrons. The third kappa shape index (κ3) is 3.02. The molecule has 1 saturated carbocycles. The minimum Gasteiger partial charge on any atom is -0.337 e. The lowest BCUT2D eigenvalue weighted by Crippen LogP contribution is -2.63. The Bertz CT molecular complexity index is 1140. The van der Waals surface area contributed by atoms with E-state index in [1.807, 2.05) is 19.1 Å². The maximum absolute atomic E-state index is 13.9. The van der Waals surface area contributed by atoms with E-state index in [4.69, 9.17) is 5.10 Å². The minimum atomic E-state index is -0.801. The maximum Gasteiger partial charge on any atom is 0.256 e. The van der Waals surface area contributed by atoms with Crippen molar-refractivity contribution in [3.05, 3.63) is 82.7 Å². The van der Waals surface area contributed by atoms with Gasteiger partial charge in [-0.2, -0.15) is 5.10 Å². The highest BCUT2D eigenvalue weighted by molar-refractivity contribution is 5.95. The number of aryl methyl sites for hydroxylation is 2. The molecule has 0 radical (unpaired) electrons. The molecule has 6 heteroatoms. The molecule has 2 aromatic carbocycles. The summed E-state index contributed by atoms with van der Waals surface area (Å²) >= 11 is 0. The van der Waals surface area contributed by atoms with Gasteiger partial charge in [-0.3, -0.25) is 4.79 Å². The van der Waals surface area contributed by atoms with E-state index < -0.39 is 11.6 Å². The lowest BCUT2D eigenvalue weighted by atomic mass is 9.57. The summed E-state index contributed by atoms with van der Waals surface area (Å²) in [7, 11) is 0. The highest BCUT2D eigenvalue weighted by atomic mass is 19.1. The van der Waals surface area contributed by atoms with Gasteiger partial charge in [0.05, 0.1) is 16.9 Å². The molecule has 1 aliphatic carbocycles. The first kappa shape index (κ1) is 19.0. The number of hydrogen-bond acceptors (Lipinski definition) is 2. The molecule has 0 N–H and O–H groups in total. The van der Waals surface area contributed by atoms with Crippen molar-refractivity contribution >= 4 is 5.91 Å². The van der Waals surface area contributed by atoms with Crippen LogP contribution in [0.3, 0.4) is 0 Å².